The van der Waals surface area contributed by atoms with Crippen molar-refractivity contribution >= 4 is 10.9 Å². The molecule has 3 aliphatic rings. The van der Waals surface area contributed by atoms with Crippen molar-refractivity contribution in [3.8, 4) is 11.5 Å². The molecule has 41 heavy (non-hydrogen) atoms. The van der Waals surface area contributed by atoms with E-state index in [0.29, 0.717) is 17.9 Å². The van der Waals surface area contributed by atoms with Gasteiger partial charge in [-0.05, 0) is 72.0 Å². The summed E-state index contributed by atoms with van der Waals surface area (Å²) in [6.07, 6.45) is 2.11. The predicted octanol–water partition coefficient (Wildman–Crippen LogP) is 2.95. The summed E-state index contributed by atoms with van der Waals surface area (Å²) in [7, 11) is 0. The number of fused-ring (bicyclic) bond motifs is 2. The molecule has 214 valence electrons. The van der Waals surface area contributed by atoms with Gasteiger partial charge in [0.1, 0.15) is 6.04 Å². The number of hydrogen-bond acceptors (Lipinski definition) is 9. The molecule has 2 unspecified atom stereocenters. The Morgan fingerprint density at radius 1 is 1.02 bits per heavy atom. The number of aromatic nitrogens is 5. The lowest BCUT2D eigenvalue weighted by Gasteiger charge is -2.38. The van der Waals surface area contributed by atoms with Gasteiger partial charge >= 0.3 is 0 Å². The molecule has 0 saturated carbocycles. The predicted molar refractivity (Wildman–Crippen MR) is 152 cm³/mol. The summed E-state index contributed by atoms with van der Waals surface area (Å²) in [4.78, 5) is 21.7. The van der Waals surface area contributed by atoms with Crippen LogP contribution in [0.25, 0.3) is 10.9 Å². The van der Waals surface area contributed by atoms with Crippen LogP contribution in [0.15, 0.2) is 41.2 Å². The van der Waals surface area contributed by atoms with Crippen LogP contribution < -0.4 is 15.0 Å². The monoisotopic (exact) mass is 557 g/mol. The number of H-pyrrole nitrogens is 1. The van der Waals surface area contributed by atoms with Crippen molar-refractivity contribution in [2.24, 2.45) is 0 Å². The van der Waals surface area contributed by atoms with Crippen LogP contribution in [0.3, 0.4) is 0 Å². The third kappa shape index (κ3) is 5.09. The van der Waals surface area contributed by atoms with Crippen molar-refractivity contribution in [2.75, 3.05) is 39.6 Å². The number of aryl methyl sites for hydroxylation is 2. The van der Waals surface area contributed by atoms with Crippen molar-refractivity contribution in [2.45, 2.75) is 51.9 Å². The first-order chi connectivity index (χ1) is 20.0. The van der Waals surface area contributed by atoms with Crippen LogP contribution in [0.2, 0.25) is 0 Å². The molecule has 3 aliphatic heterocycles. The molecule has 0 amide bonds. The number of piperazine rings is 1. The fourth-order valence-corrected chi connectivity index (χ4v) is 6.29. The average Bonchev–Trinajstić information content (AvgIpc) is 3.76. The Balaban J connectivity index is 1.19. The minimum atomic E-state index is -0.382. The molecule has 2 aromatic heterocycles. The SMILES string of the molecule is Cc1ccc(C)c2[nH]c(=O)c(C(c3nnnn3CC3CCCO3)N3CCN(Cc4ccc5c(c4)OCO5)CC3)cc12. The van der Waals surface area contributed by atoms with Gasteiger partial charge in [0.25, 0.3) is 5.56 Å². The summed E-state index contributed by atoms with van der Waals surface area (Å²) in [6, 6.07) is 12.0. The van der Waals surface area contributed by atoms with Crippen LogP contribution >= 0.6 is 0 Å². The van der Waals surface area contributed by atoms with Gasteiger partial charge in [0, 0.05) is 50.3 Å². The van der Waals surface area contributed by atoms with Gasteiger partial charge in [-0.2, -0.15) is 0 Å². The molecule has 0 aliphatic carbocycles. The number of ether oxygens (including phenoxy) is 3. The summed E-state index contributed by atoms with van der Waals surface area (Å²) in [5.41, 5.74) is 4.80. The molecule has 1 N–H and O–H groups in total. The van der Waals surface area contributed by atoms with Gasteiger partial charge in [-0.1, -0.05) is 18.2 Å². The Hall–Kier alpha value is -3.80. The highest BCUT2D eigenvalue weighted by atomic mass is 16.7. The second-order valence-electron chi connectivity index (χ2n) is 11.3. The Kier molecular flexibility index (Phi) is 6.93. The summed E-state index contributed by atoms with van der Waals surface area (Å²) >= 11 is 0. The lowest BCUT2D eigenvalue weighted by molar-refractivity contribution is 0.0840. The molecule has 2 fully saturated rings. The van der Waals surface area contributed by atoms with E-state index in [1.807, 2.05) is 29.8 Å². The molecule has 0 radical (unpaired) electrons. The van der Waals surface area contributed by atoms with Gasteiger partial charge in [-0.15, -0.1) is 5.10 Å². The van der Waals surface area contributed by atoms with Crippen molar-refractivity contribution in [1.29, 1.82) is 0 Å². The number of hydrogen-bond donors (Lipinski definition) is 1. The first-order valence-electron chi connectivity index (χ1n) is 14.4. The van der Waals surface area contributed by atoms with Crippen LogP contribution in [-0.4, -0.2) is 80.7 Å². The minimum absolute atomic E-state index is 0.0798. The topological polar surface area (TPSA) is 111 Å². The largest absolute Gasteiger partial charge is 0.454 e. The quantitative estimate of drug-likeness (QED) is 0.367. The molecule has 7 rings (SSSR count). The van der Waals surface area contributed by atoms with Gasteiger partial charge in [-0.3, -0.25) is 14.6 Å². The van der Waals surface area contributed by atoms with Crippen molar-refractivity contribution < 1.29 is 14.2 Å². The van der Waals surface area contributed by atoms with E-state index < -0.39 is 0 Å². The van der Waals surface area contributed by atoms with Crippen molar-refractivity contribution in [3.05, 3.63) is 74.8 Å². The normalized spacial score (nSPS) is 20.2. The highest BCUT2D eigenvalue weighted by Gasteiger charge is 2.34. The van der Waals surface area contributed by atoms with Crippen molar-refractivity contribution in [3.63, 3.8) is 0 Å². The molecule has 5 heterocycles. The summed E-state index contributed by atoms with van der Waals surface area (Å²) in [5.74, 6) is 2.29. The Labute approximate surface area is 238 Å². The molecule has 11 heteroatoms. The lowest BCUT2D eigenvalue weighted by atomic mass is 9.99. The molecule has 2 saturated heterocycles. The molecule has 11 nitrogen and oxygen atoms in total. The molecular weight excluding hydrogens is 522 g/mol. The van der Waals surface area contributed by atoms with Gasteiger partial charge in [0.05, 0.1) is 18.2 Å². The van der Waals surface area contributed by atoms with E-state index in [2.05, 4.69) is 55.4 Å². The number of pyridine rings is 1. The van der Waals surface area contributed by atoms with E-state index in [4.69, 9.17) is 14.2 Å². The molecular formula is C30H35N7O4. The molecule has 4 aromatic rings. The van der Waals surface area contributed by atoms with E-state index >= 15 is 0 Å². The van der Waals surface area contributed by atoms with Gasteiger partial charge in [0.15, 0.2) is 17.3 Å². The van der Waals surface area contributed by atoms with Crippen LogP contribution in [0, 0.1) is 13.8 Å². The summed E-state index contributed by atoms with van der Waals surface area (Å²) < 4.78 is 18.8. The molecule has 2 aromatic carbocycles. The molecule has 0 bridgehead atoms. The zero-order chi connectivity index (χ0) is 27.9. The van der Waals surface area contributed by atoms with Crippen LogP contribution in [0.1, 0.15) is 47.0 Å². The van der Waals surface area contributed by atoms with E-state index in [-0.39, 0.29) is 24.5 Å². The Bertz CT molecular complexity index is 1620. The minimum Gasteiger partial charge on any atom is -0.454 e. The Morgan fingerprint density at radius 2 is 1.85 bits per heavy atom. The van der Waals surface area contributed by atoms with E-state index in [0.717, 1.165) is 85.7 Å². The first-order valence-corrected chi connectivity index (χ1v) is 14.4. The number of nitrogens with one attached hydrogen (secondary N) is 1. The van der Waals surface area contributed by atoms with Crippen LogP contribution in [0.4, 0.5) is 0 Å². The second-order valence-corrected chi connectivity index (χ2v) is 11.3. The van der Waals surface area contributed by atoms with Crippen molar-refractivity contribution in [1.82, 2.24) is 35.0 Å². The third-order valence-electron chi connectivity index (χ3n) is 8.59. The average molecular weight is 558 g/mol. The first kappa shape index (κ1) is 26.1. The van der Waals surface area contributed by atoms with Crippen LogP contribution in [0.5, 0.6) is 11.5 Å². The fourth-order valence-electron chi connectivity index (χ4n) is 6.29. The maximum absolute atomic E-state index is 13.7. The van der Waals surface area contributed by atoms with Gasteiger partial charge < -0.3 is 19.2 Å². The van der Waals surface area contributed by atoms with E-state index in [1.54, 1.807) is 0 Å². The second kappa shape index (κ2) is 10.9. The number of tetrazole rings is 1. The van der Waals surface area contributed by atoms with Crippen LogP contribution in [-0.2, 0) is 17.8 Å². The molecule has 2 atom stereocenters. The van der Waals surface area contributed by atoms with E-state index in [1.165, 1.54) is 5.56 Å². The Morgan fingerprint density at radius 3 is 2.68 bits per heavy atom. The van der Waals surface area contributed by atoms with Gasteiger partial charge in [0.2, 0.25) is 6.79 Å². The lowest BCUT2D eigenvalue weighted by Crippen LogP contribution is -2.48. The highest BCUT2D eigenvalue weighted by Crippen LogP contribution is 2.34. The maximum atomic E-state index is 13.7. The number of rotatable bonds is 7. The van der Waals surface area contributed by atoms with Gasteiger partial charge in [-0.25, -0.2) is 4.68 Å². The van der Waals surface area contributed by atoms with E-state index in [9.17, 15) is 4.79 Å². The standard InChI is InChI=1S/C30H35N7O4/c1-19-5-6-20(2)27-23(19)15-24(30(38)31-27)28(29-32-33-34-37(29)17-22-4-3-13-39-22)36-11-9-35(10-12-36)16-21-7-8-25-26(14-21)41-18-40-25/h5-8,14-15,22,28H,3-4,9-13,16-18H2,1-2H3,(H,31,38). The number of benzene rings is 2. The fraction of sp³-hybridized carbons (Fsp3) is 0.467. The number of nitrogens with zero attached hydrogens (tertiary/aromatic N) is 6. The summed E-state index contributed by atoms with van der Waals surface area (Å²) in [6.45, 7) is 9.78. The highest BCUT2D eigenvalue weighted by molar-refractivity contribution is 5.85. The summed E-state index contributed by atoms with van der Waals surface area (Å²) in [5, 5.41) is 14.0. The third-order valence-corrected chi connectivity index (χ3v) is 8.59. The number of aromatic amines is 1. The zero-order valence-corrected chi connectivity index (χ0v) is 23.5. The smallest absolute Gasteiger partial charge is 0.253 e. The maximum Gasteiger partial charge on any atom is 0.253 e. The molecule has 0 spiro atoms. The zero-order valence-electron chi connectivity index (χ0n) is 23.5.